The van der Waals surface area contributed by atoms with E-state index in [4.69, 9.17) is 11.6 Å². The average Bonchev–Trinajstić information content (AvgIpc) is 2.45. The van der Waals surface area contributed by atoms with E-state index in [1.54, 1.807) is 0 Å². The molecule has 0 saturated carbocycles. The van der Waals surface area contributed by atoms with Gasteiger partial charge in [0, 0.05) is 30.7 Å². The van der Waals surface area contributed by atoms with Crippen LogP contribution in [-0.4, -0.2) is 50.7 Å². The monoisotopic (exact) mass is 386 g/mol. The van der Waals surface area contributed by atoms with Gasteiger partial charge in [0.1, 0.15) is 5.75 Å². The summed E-state index contributed by atoms with van der Waals surface area (Å²) in [6.45, 7) is 9.18. The van der Waals surface area contributed by atoms with Crippen LogP contribution in [0.5, 0.6) is 0 Å². The van der Waals surface area contributed by atoms with E-state index in [0.29, 0.717) is 16.9 Å². The van der Waals surface area contributed by atoms with Gasteiger partial charge in [-0.2, -0.15) is 0 Å². The van der Waals surface area contributed by atoms with Crippen LogP contribution in [0.3, 0.4) is 0 Å². The van der Waals surface area contributed by atoms with Crippen molar-refractivity contribution in [3.8, 4) is 0 Å². The topological polar surface area (TPSA) is 66.5 Å². The maximum absolute atomic E-state index is 12.3. The van der Waals surface area contributed by atoms with Crippen molar-refractivity contribution >= 4 is 27.3 Å². The number of benzene rings is 1. The summed E-state index contributed by atoms with van der Waals surface area (Å²) in [6, 6.07) is 5.77. The Hall–Kier alpha value is -1.11. The minimum absolute atomic E-state index is 0.0922. The van der Waals surface area contributed by atoms with Gasteiger partial charge in [0.25, 0.3) is 0 Å². The van der Waals surface area contributed by atoms with Crippen molar-refractivity contribution in [2.24, 2.45) is 11.8 Å². The molecular weight excluding hydrogens is 360 g/mol. The first-order chi connectivity index (χ1) is 11.7. The molecule has 5 nitrogen and oxygen atoms in total. The molecule has 0 aliphatic carbocycles. The van der Waals surface area contributed by atoms with Crippen LogP contribution in [0.25, 0.3) is 0 Å². The average molecular weight is 387 g/mol. The molecule has 0 radical (unpaired) electrons. The van der Waals surface area contributed by atoms with Crippen LogP contribution in [-0.2, 0) is 14.6 Å². The lowest BCUT2D eigenvalue weighted by atomic mass is 9.92. The predicted octanol–water partition coefficient (Wildman–Crippen LogP) is 2.60. The van der Waals surface area contributed by atoms with Gasteiger partial charge in [0.2, 0.25) is 5.91 Å². The summed E-state index contributed by atoms with van der Waals surface area (Å²) >= 11 is 5.77. The number of hydrogen-bond acceptors (Lipinski definition) is 4. The molecule has 1 saturated heterocycles. The Bertz CT molecular complexity index is 681. The van der Waals surface area contributed by atoms with Crippen molar-refractivity contribution in [2.45, 2.75) is 38.1 Å². The molecule has 1 aliphatic rings. The molecule has 0 aromatic heterocycles. The molecule has 2 rings (SSSR count). The molecule has 0 spiro atoms. The molecule has 7 heteroatoms. The first-order valence-electron chi connectivity index (χ1n) is 8.65. The molecule has 1 fully saturated rings. The summed E-state index contributed by atoms with van der Waals surface area (Å²) < 4.78 is 24.6. The van der Waals surface area contributed by atoms with Crippen LogP contribution < -0.4 is 5.32 Å². The SMILES string of the molecule is CC1CC(C)CN(CC(C)NC(=O)CS(=O)(=O)c2ccc(Cl)cc2)C1. The first-order valence-corrected chi connectivity index (χ1v) is 10.7. The zero-order valence-corrected chi connectivity index (χ0v) is 16.6. The van der Waals surface area contributed by atoms with Gasteiger partial charge in [-0.1, -0.05) is 25.4 Å². The van der Waals surface area contributed by atoms with E-state index in [2.05, 4.69) is 24.1 Å². The molecule has 1 N–H and O–H groups in total. The quantitative estimate of drug-likeness (QED) is 0.816. The largest absolute Gasteiger partial charge is 0.351 e. The molecule has 1 amide bonds. The van der Waals surface area contributed by atoms with E-state index in [1.807, 2.05) is 6.92 Å². The second kappa shape index (κ2) is 8.52. The van der Waals surface area contributed by atoms with Crippen LogP contribution >= 0.6 is 11.6 Å². The lowest BCUT2D eigenvalue weighted by Gasteiger charge is -2.36. The minimum Gasteiger partial charge on any atom is -0.351 e. The minimum atomic E-state index is -3.66. The van der Waals surface area contributed by atoms with E-state index in [9.17, 15) is 13.2 Å². The summed E-state index contributed by atoms with van der Waals surface area (Å²) in [6.07, 6.45) is 1.23. The maximum Gasteiger partial charge on any atom is 0.235 e. The Balaban J connectivity index is 1.87. The summed E-state index contributed by atoms with van der Waals surface area (Å²) in [5.74, 6) is 0.278. The van der Waals surface area contributed by atoms with Crippen molar-refractivity contribution in [3.63, 3.8) is 0 Å². The Labute approximate surface area is 155 Å². The fraction of sp³-hybridized carbons (Fsp3) is 0.611. The van der Waals surface area contributed by atoms with Crippen molar-refractivity contribution in [1.29, 1.82) is 0 Å². The highest BCUT2D eigenvalue weighted by Crippen LogP contribution is 2.21. The van der Waals surface area contributed by atoms with Crippen LogP contribution in [0.1, 0.15) is 27.2 Å². The fourth-order valence-corrected chi connectivity index (χ4v) is 4.86. The Morgan fingerprint density at radius 2 is 1.80 bits per heavy atom. The van der Waals surface area contributed by atoms with Crippen LogP contribution in [0.4, 0.5) is 0 Å². The molecule has 140 valence electrons. The van der Waals surface area contributed by atoms with Crippen molar-refractivity contribution in [3.05, 3.63) is 29.3 Å². The molecule has 1 aliphatic heterocycles. The van der Waals surface area contributed by atoms with Gasteiger partial charge in [-0.05, 0) is 49.4 Å². The van der Waals surface area contributed by atoms with E-state index in [0.717, 1.165) is 19.6 Å². The highest BCUT2D eigenvalue weighted by atomic mass is 35.5. The molecule has 3 unspecified atom stereocenters. The summed E-state index contributed by atoms with van der Waals surface area (Å²) in [5, 5.41) is 3.27. The number of likely N-dealkylation sites (tertiary alicyclic amines) is 1. The van der Waals surface area contributed by atoms with Crippen molar-refractivity contribution in [1.82, 2.24) is 10.2 Å². The summed E-state index contributed by atoms with van der Waals surface area (Å²) in [5.41, 5.74) is 0. The molecule has 1 aromatic carbocycles. The van der Waals surface area contributed by atoms with E-state index >= 15 is 0 Å². The highest BCUT2D eigenvalue weighted by molar-refractivity contribution is 7.92. The van der Waals surface area contributed by atoms with Gasteiger partial charge in [-0.15, -0.1) is 0 Å². The second-order valence-electron chi connectivity index (χ2n) is 7.35. The van der Waals surface area contributed by atoms with Gasteiger partial charge in [0.15, 0.2) is 9.84 Å². The second-order valence-corrected chi connectivity index (χ2v) is 9.77. The smallest absolute Gasteiger partial charge is 0.235 e. The number of amides is 1. The molecule has 3 atom stereocenters. The number of hydrogen-bond donors (Lipinski definition) is 1. The molecule has 0 bridgehead atoms. The lowest BCUT2D eigenvalue weighted by molar-refractivity contribution is -0.119. The Morgan fingerprint density at radius 1 is 1.24 bits per heavy atom. The first kappa shape index (κ1) is 20.2. The highest BCUT2D eigenvalue weighted by Gasteiger charge is 2.24. The summed E-state index contributed by atoms with van der Waals surface area (Å²) in [7, 11) is -3.66. The fourth-order valence-electron chi connectivity index (χ4n) is 3.59. The molecule has 25 heavy (non-hydrogen) atoms. The van der Waals surface area contributed by atoms with E-state index in [-0.39, 0.29) is 10.9 Å². The zero-order chi connectivity index (χ0) is 18.6. The van der Waals surface area contributed by atoms with Crippen molar-refractivity contribution in [2.75, 3.05) is 25.4 Å². The number of sulfone groups is 1. The number of nitrogens with one attached hydrogen (secondary N) is 1. The third-order valence-corrected chi connectivity index (χ3v) is 6.26. The van der Waals surface area contributed by atoms with Crippen molar-refractivity contribution < 1.29 is 13.2 Å². The molecule has 1 aromatic rings. The standard InChI is InChI=1S/C18H27ClN2O3S/c1-13-8-14(2)10-21(9-13)11-15(3)20-18(22)12-25(23,24)17-6-4-16(19)5-7-17/h4-7,13-15H,8-12H2,1-3H3,(H,20,22). The van der Waals surface area contributed by atoms with Crippen LogP contribution in [0, 0.1) is 11.8 Å². The number of carbonyl (C=O) groups excluding carboxylic acids is 1. The zero-order valence-electron chi connectivity index (χ0n) is 15.0. The van der Waals surface area contributed by atoms with Gasteiger partial charge in [0.05, 0.1) is 4.90 Å². The lowest BCUT2D eigenvalue weighted by Crippen LogP contribution is -2.47. The van der Waals surface area contributed by atoms with Crippen LogP contribution in [0.15, 0.2) is 29.2 Å². The Morgan fingerprint density at radius 3 is 2.36 bits per heavy atom. The number of halogens is 1. The van der Waals surface area contributed by atoms with Gasteiger partial charge < -0.3 is 10.2 Å². The number of carbonyl (C=O) groups is 1. The molecular formula is C18H27ClN2O3S. The number of rotatable bonds is 6. The van der Waals surface area contributed by atoms with E-state index < -0.39 is 21.5 Å². The molecule has 1 heterocycles. The van der Waals surface area contributed by atoms with Gasteiger partial charge in [-0.25, -0.2) is 8.42 Å². The Kier molecular flexibility index (Phi) is 6.88. The normalized spacial score (nSPS) is 23.2. The predicted molar refractivity (Wildman–Crippen MR) is 100 cm³/mol. The number of piperidine rings is 1. The number of nitrogens with zero attached hydrogens (tertiary/aromatic N) is 1. The van der Waals surface area contributed by atoms with Gasteiger partial charge >= 0.3 is 0 Å². The van der Waals surface area contributed by atoms with E-state index in [1.165, 1.54) is 30.7 Å². The third kappa shape index (κ3) is 6.28. The third-order valence-electron chi connectivity index (χ3n) is 4.38. The summed E-state index contributed by atoms with van der Waals surface area (Å²) in [4.78, 5) is 14.6. The maximum atomic E-state index is 12.3. The van der Waals surface area contributed by atoms with Crippen LogP contribution in [0.2, 0.25) is 5.02 Å². The van der Waals surface area contributed by atoms with Gasteiger partial charge in [-0.3, -0.25) is 4.79 Å².